The van der Waals surface area contributed by atoms with Crippen molar-refractivity contribution in [2.45, 2.75) is 34.6 Å². The zero-order chi connectivity index (χ0) is 21.6. The molecule has 0 saturated heterocycles. The van der Waals surface area contributed by atoms with Crippen LogP contribution in [0.25, 0.3) is 0 Å². The first-order chi connectivity index (χ1) is 13.8. The Morgan fingerprint density at radius 1 is 0.931 bits per heavy atom. The van der Waals surface area contributed by atoms with Gasteiger partial charge in [-0.15, -0.1) is 0 Å². The maximum Gasteiger partial charge on any atom is 0.340 e. The number of hydrogen-bond donors (Lipinski definition) is 1. The van der Waals surface area contributed by atoms with Crippen molar-refractivity contribution in [1.82, 2.24) is 4.98 Å². The summed E-state index contributed by atoms with van der Waals surface area (Å²) in [7, 11) is 0. The minimum atomic E-state index is -0.573. The SMILES string of the molecule is CCOC(=O)c1c(C)[nH]c(C(=O)COC(=O)c2ccc(N(CC)CC)cc2)c1C. The second-order valence-corrected chi connectivity index (χ2v) is 6.56. The van der Waals surface area contributed by atoms with Crippen molar-refractivity contribution in [3.63, 3.8) is 0 Å². The standard InChI is InChI=1S/C22H28N2O5/c1-6-24(7-2)17-11-9-16(10-12-17)21(26)29-13-18(25)20-14(4)19(15(5)23-20)22(27)28-8-3/h9-12,23H,6-8,13H2,1-5H3. The van der Waals surface area contributed by atoms with E-state index >= 15 is 0 Å². The Labute approximate surface area is 171 Å². The van der Waals surface area contributed by atoms with E-state index in [9.17, 15) is 14.4 Å². The lowest BCUT2D eigenvalue weighted by atomic mass is 10.1. The molecule has 1 aromatic carbocycles. The number of aryl methyl sites for hydroxylation is 1. The highest BCUT2D eigenvalue weighted by Crippen LogP contribution is 2.20. The molecule has 0 amide bonds. The number of nitrogens with zero attached hydrogens (tertiary/aromatic N) is 1. The smallest absolute Gasteiger partial charge is 0.340 e. The predicted octanol–water partition coefficient (Wildman–Crippen LogP) is 3.69. The quantitative estimate of drug-likeness (QED) is 0.510. The molecule has 0 saturated carbocycles. The van der Waals surface area contributed by atoms with Crippen LogP contribution < -0.4 is 4.90 Å². The molecular weight excluding hydrogens is 372 g/mol. The van der Waals surface area contributed by atoms with Gasteiger partial charge in [-0.1, -0.05) is 0 Å². The molecule has 0 radical (unpaired) electrons. The summed E-state index contributed by atoms with van der Waals surface area (Å²) in [5, 5.41) is 0. The predicted molar refractivity (Wildman–Crippen MR) is 111 cm³/mol. The van der Waals surface area contributed by atoms with E-state index in [-0.39, 0.29) is 12.3 Å². The van der Waals surface area contributed by atoms with E-state index < -0.39 is 24.3 Å². The van der Waals surface area contributed by atoms with E-state index in [0.29, 0.717) is 22.4 Å². The van der Waals surface area contributed by atoms with Crippen LogP contribution >= 0.6 is 0 Å². The zero-order valence-corrected chi connectivity index (χ0v) is 17.6. The molecule has 1 aromatic heterocycles. The molecule has 2 rings (SSSR count). The molecule has 0 spiro atoms. The maximum absolute atomic E-state index is 12.5. The molecule has 0 aliphatic rings. The van der Waals surface area contributed by atoms with Crippen LogP contribution in [0.3, 0.4) is 0 Å². The number of ketones is 1. The number of nitrogens with one attached hydrogen (secondary N) is 1. The van der Waals surface area contributed by atoms with Crippen LogP contribution in [0.15, 0.2) is 24.3 Å². The number of hydrogen-bond acceptors (Lipinski definition) is 6. The van der Waals surface area contributed by atoms with Gasteiger partial charge in [-0.2, -0.15) is 0 Å². The summed E-state index contributed by atoms with van der Waals surface area (Å²) in [5.74, 6) is -1.46. The van der Waals surface area contributed by atoms with Crippen molar-refractivity contribution < 1.29 is 23.9 Å². The minimum absolute atomic E-state index is 0.246. The Bertz CT molecular complexity index is 879. The third-order valence-electron chi connectivity index (χ3n) is 4.76. The molecule has 7 heteroatoms. The number of ether oxygens (including phenoxy) is 2. The van der Waals surface area contributed by atoms with Crippen LogP contribution in [0.1, 0.15) is 63.2 Å². The Hall–Kier alpha value is -3.09. The average Bonchev–Trinajstić information content (AvgIpc) is 3.01. The molecule has 0 atom stereocenters. The molecule has 1 N–H and O–H groups in total. The summed E-state index contributed by atoms with van der Waals surface area (Å²) in [6, 6.07) is 7.08. The van der Waals surface area contributed by atoms with Gasteiger partial charge in [0.15, 0.2) is 6.61 Å². The molecule has 7 nitrogen and oxygen atoms in total. The van der Waals surface area contributed by atoms with Gasteiger partial charge in [0.05, 0.1) is 23.4 Å². The van der Waals surface area contributed by atoms with E-state index in [1.165, 1.54) is 0 Å². The number of aromatic nitrogens is 1. The number of rotatable bonds is 9. The van der Waals surface area contributed by atoms with Crippen molar-refractivity contribution in [3.8, 4) is 0 Å². The fourth-order valence-electron chi connectivity index (χ4n) is 3.22. The molecule has 29 heavy (non-hydrogen) atoms. The van der Waals surface area contributed by atoms with Gasteiger partial charge in [-0.25, -0.2) is 9.59 Å². The van der Waals surface area contributed by atoms with Gasteiger partial charge < -0.3 is 19.4 Å². The highest BCUT2D eigenvalue weighted by Gasteiger charge is 2.23. The fourth-order valence-corrected chi connectivity index (χ4v) is 3.22. The molecule has 0 fully saturated rings. The zero-order valence-electron chi connectivity index (χ0n) is 17.6. The van der Waals surface area contributed by atoms with Crippen molar-refractivity contribution in [3.05, 3.63) is 52.3 Å². The van der Waals surface area contributed by atoms with Crippen LogP contribution in [0, 0.1) is 13.8 Å². The minimum Gasteiger partial charge on any atom is -0.462 e. The number of aromatic amines is 1. The lowest BCUT2D eigenvalue weighted by Crippen LogP contribution is -2.21. The van der Waals surface area contributed by atoms with Gasteiger partial charge in [0.25, 0.3) is 0 Å². The van der Waals surface area contributed by atoms with Crippen LogP contribution in [-0.4, -0.2) is 49.0 Å². The second-order valence-electron chi connectivity index (χ2n) is 6.56. The summed E-state index contributed by atoms with van der Waals surface area (Å²) in [5.41, 5.74) is 3.02. The van der Waals surface area contributed by atoms with Crippen molar-refractivity contribution in [1.29, 1.82) is 0 Å². The number of carbonyl (C=O) groups is 3. The Kier molecular flexibility index (Phi) is 7.59. The Morgan fingerprint density at radius 3 is 2.10 bits per heavy atom. The molecule has 2 aromatic rings. The topological polar surface area (TPSA) is 88.7 Å². The number of Topliss-reactive ketones (excluding diaryl/α,β-unsaturated/α-hetero) is 1. The van der Waals surface area contributed by atoms with Crippen molar-refractivity contribution in [2.24, 2.45) is 0 Å². The van der Waals surface area contributed by atoms with Gasteiger partial charge in [0, 0.05) is 24.5 Å². The third-order valence-corrected chi connectivity index (χ3v) is 4.76. The van der Waals surface area contributed by atoms with Crippen molar-refractivity contribution >= 4 is 23.4 Å². The van der Waals surface area contributed by atoms with E-state index in [4.69, 9.17) is 9.47 Å². The first-order valence-corrected chi connectivity index (χ1v) is 9.75. The first-order valence-electron chi connectivity index (χ1n) is 9.75. The van der Waals surface area contributed by atoms with Gasteiger partial charge in [-0.3, -0.25) is 4.79 Å². The van der Waals surface area contributed by atoms with Gasteiger partial charge in [0.1, 0.15) is 0 Å². The fraction of sp³-hybridized carbons (Fsp3) is 0.409. The van der Waals surface area contributed by atoms with Crippen LogP contribution in [0.4, 0.5) is 5.69 Å². The molecule has 0 aliphatic heterocycles. The summed E-state index contributed by atoms with van der Waals surface area (Å²) >= 11 is 0. The third kappa shape index (κ3) is 5.04. The Balaban J connectivity index is 2.05. The van der Waals surface area contributed by atoms with Gasteiger partial charge in [0.2, 0.25) is 5.78 Å². The molecule has 1 heterocycles. The number of esters is 2. The Morgan fingerprint density at radius 2 is 1.55 bits per heavy atom. The average molecular weight is 400 g/mol. The summed E-state index contributed by atoms with van der Waals surface area (Å²) in [4.78, 5) is 41.9. The van der Waals surface area contributed by atoms with Crippen molar-refractivity contribution in [2.75, 3.05) is 31.2 Å². The van der Waals surface area contributed by atoms with E-state index in [1.54, 1.807) is 32.9 Å². The molecule has 0 unspecified atom stereocenters. The lowest BCUT2D eigenvalue weighted by molar-refractivity contribution is 0.0472. The van der Waals surface area contributed by atoms with E-state index in [1.807, 2.05) is 12.1 Å². The van der Waals surface area contributed by atoms with Crippen LogP contribution in [0.2, 0.25) is 0 Å². The van der Waals surface area contributed by atoms with Gasteiger partial charge >= 0.3 is 11.9 Å². The summed E-state index contributed by atoms with van der Waals surface area (Å²) in [6.07, 6.45) is 0. The lowest BCUT2D eigenvalue weighted by Gasteiger charge is -2.20. The van der Waals surface area contributed by atoms with Crippen LogP contribution in [0.5, 0.6) is 0 Å². The summed E-state index contributed by atoms with van der Waals surface area (Å²) < 4.78 is 10.2. The number of H-pyrrole nitrogens is 1. The second kappa shape index (κ2) is 9.91. The van der Waals surface area contributed by atoms with Gasteiger partial charge in [-0.05, 0) is 64.4 Å². The summed E-state index contributed by atoms with van der Waals surface area (Å²) in [6.45, 7) is 10.8. The highest BCUT2D eigenvalue weighted by atomic mass is 16.5. The van der Waals surface area contributed by atoms with Crippen LogP contribution in [-0.2, 0) is 9.47 Å². The molecular formula is C22H28N2O5. The number of carbonyl (C=O) groups excluding carboxylic acids is 3. The number of anilines is 1. The molecule has 0 aliphatic carbocycles. The molecule has 0 bridgehead atoms. The maximum atomic E-state index is 12.5. The first kappa shape index (κ1) is 22.2. The monoisotopic (exact) mass is 400 g/mol. The largest absolute Gasteiger partial charge is 0.462 e. The van der Waals surface area contributed by atoms with E-state index in [2.05, 4.69) is 23.7 Å². The normalized spacial score (nSPS) is 10.5. The number of benzene rings is 1. The molecule has 156 valence electrons. The van der Waals surface area contributed by atoms with E-state index in [0.717, 1.165) is 18.8 Å². The highest BCUT2D eigenvalue weighted by molar-refractivity contribution is 6.03.